The molecule has 1 heterocycles. The van der Waals surface area contributed by atoms with E-state index in [9.17, 15) is 17.6 Å². The molecule has 0 bridgehead atoms. The summed E-state index contributed by atoms with van der Waals surface area (Å²) < 4.78 is 59.5. The number of rotatable bonds is 1. The van der Waals surface area contributed by atoms with Crippen LogP contribution in [0.15, 0.2) is 0 Å². The molecule has 0 aromatic rings. The molecular weight excluding hydrogens is 274 g/mol. The van der Waals surface area contributed by atoms with E-state index >= 15 is 0 Å². The minimum absolute atomic E-state index is 0.0582. The molecular formula is C14H21F4NO. The maximum Gasteiger partial charge on any atom is 0.163 e. The second-order valence-electron chi connectivity index (χ2n) is 6.32. The second-order valence-corrected chi connectivity index (χ2v) is 6.32. The van der Waals surface area contributed by atoms with Crippen molar-refractivity contribution in [3.8, 4) is 0 Å². The van der Waals surface area contributed by atoms with Crippen molar-refractivity contribution < 1.29 is 22.3 Å². The maximum atomic E-state index is 14.0. The summed E-state index contributed by atoms with van der Waals surface area (Å²) in [5.74, 6) is -0.603. The highest BCUT2D eigenvalue weighted by Gasteiger charge is 2.49. The average molecular weight is 295 g/mol. The Balaban J connectivity index is 1.62. The van der Waals surface area contributed by atoms with Gasteiger partial charge in [-0.05, 0) is 25.7 Å². The lowest BCUT2D eigenvalue weighted by molar-refractivity contribution is -0.176. The van der Waals surface area contributed by atoms with Gasteiger partial charge in [0.15, 0.2) is 6.17 Å². The average Bonchev–Trinajstić information content (AvgIpc) is 2.46. The summed E-state index contributed by atoms with van der Waals surface area (Å²) in [7, 11) is 0. The highest BCUT2D eigenvalue weighted by molar-refractivity contribution is 4.97. The zero-order chi connectivity index (χ0) is 14.3. The van der Waals surface area contributed by atoms with E-state index in [0.29, 0.717) is 26.1 Å². The lowest BCUT2D eigenvalue weighted by Gasteiger charge is -2.47. The van der Waals surface area contributed by atoms with Crippen LogP contribution in [0.1, 0.15) is 32.1 Å². The Morgan fingerprint density at radius 1 is 0.900 bits per heavy atom. The van der Waals surface area contributed by atoms with Crippen molar-refractivity contribution in [2.75, 3.05) is 13.3 Å². The molecule has 2 aliphatic carbocycles. The van der Waals surface area contributed by atoms with E-state index in [4.69, 9.17) is 4.74 Å². The second kappa shape index (κ2) is 5.79. The smallest absolute Gasteiger partial charge is 0.163 e. The molecule has 0 N–H and O–H groups in total. The largest absolute Gasteiger partial charge is 0.362 e. The van der Waals surface area contributed by atoms with Crippen molar-refractivity contribution in [1.29, 1.82) is 0 Å². The Kier molecular flexibility index (Phi) is 4.22. The van der Waals surface area contributed by atoms with Gasteiger partial charge in [-0.3, -0.25) is 4.90 Å². The fraction of sp³-hybridized carbons (Fsp3) is 1.00. The quantitative estimate of drug-likeness (QED) is 0.690. The number of hydrogen-bond donors (Lipinski definition) is 0. The Bertz CT molecular complexity index is 335. The number of fused-ring (bicyclic) bond motifs is 1. The first-order valence-corrected chi connectivity index (χ1v) is 7.48. The standard InChI is InChI=1S/C14H21F4NO/c15-8-1-3-9(4-2-8)19-6-10-12(20-7-19)5-11(16)14(18)13(10)17/h8-14H,1-7H2. The summed E-state index contributed by atoms with van der Waals surface area (Å²) >= 11 is 0. The summed E-state index contributed by atoms with van der Waals surface area (Å²) in [6.07, 6.45) is -4.44. The molecule has 3 aliphatic rings. The monoisotopic (exact) mass is 295 g/mol. The third-order valence-electron chi connectivity index (χ3n) is 5.04. The normalized spacial score (nSPS) is 50.7. The third kappa shape index (κ3) is 2.69. The summed E-state index contributed by atoms with van der Waals surface area (Å²) in [5, 5.41) is 0. The van der Waals surface area contributed by atoms with E-state index in [-0.39, 0.29) is 12.5 Å². The molecule has 116 valence electrons. The van der Waals surface area contributed by atoms with Crippen molar-refractivity contribution in [3.63, 3.8) is 0 Å². The fourth-order valence-corrected chi connectivity index (χ4v) is 3.75. The van der Waals surface area contributed by atoms with Crippen LogP contribution in [0, 0.1) is 5.92 Å². The molecule has 5 unspecified atom stereocenters. The molecule has 0 radical (unpaired) electrons. The zero-order valence-electron chi connectivity index (χ0n) is 11.4. The van der Waals surface area contributed by atoms with Gasteiger partial charge in [-0.1, -0.05) is 0 Å². The molecule has 0 spiro atoms. The van der Waals surface area contributed by atoms with Gasteiger partial charge >= 0.3 is 0 Å². The summed E-state index contributed by atoms with van der Waals surface area (Å²) in [4.78, 5) is 1.98. The van der Waals surface area contributed by atoms with E-state index in [1.807, 2.05) is 4.90 Å². The molecule has 0 aromatic heterocycles. The SMILES string of the molecule is FC1CCC(N2COC3CC(F)C(F)C(F)C3C2)CC1. The van der Waals surface area contributed by atoms with Crippen LogP contribution in [0.3, 0.4) is 0 Å². The Morgan fingerprint density at radius 2 is 1.60 bits per heavy atom. The number of ether oxygens (including phenoxy) is 1. The number of nitrogens with zero attached hydrogens (tertiary/aromatic N) is 1. The molecule has 5 atom stereocenters. The van der Waals surface area contributed by atoms with Gasteiger partial charge in [-0.15, -0.1) is 0 Å². The van der Waals surface area contributed by atoms with Gasteiger partial charge in [0.1, 0.15) is 18.5 Å². The lowest BCUT2D eigenvalue weighted by atomic mass is 9.80. The Labute approximate surface area is 116 Å². The molecule has 6 heteroatoms. The highest BCUT2D eigenvalue weighted by Crippen LogP contribution is 2.38. The number of halogens is 4. The first kappa shape index (κ1) is 14.6. The molecule has 0 aromatic carbocycles. The number of hydrogen-bond acceptors (Lipinski definition) is 2. The van der Waals surface area contributed by atoms with E-state index in [2.05, 4.69) is 0 Å². The molecule has 20 heavy (non-hydrogen) atoms. The zero-order valence-corrected chi connectivity index (χ0v) is 11.4. The number of alkyl halides is 4. The predicted octanol–water partition coefficient (Wildman–Crippen LogP) is 2.96. The highest BCUT2D eigenvalue weighted by atomic mass is 19.2. The van der Waals surface area contributed by atoms with E-state index in [1.165, 1.54) is 0 Å². The van der Waals surface area contributed by atoms with Crippen LogP contribution in [-0.2, 0) is 4.74 Å². The van der Waals surface area contributed by atoms with Crippen LogP contribution >= 0.6 is 0 Å². The van der Waals surface area contributed by atoms with Gasteiger partial charge in [-0.25, -0.2) is 17.6 Å². The maximum absolute atomic E-state index is 14.0. The van der Waals surface area contributed by atoms with Crippen molar-refractivity contribution in [1.82, 2.24) is 4.90 Å². The molecule has 3 rings (SSSR count). The van der Waals surface area contributed by atoms with Gasteiger partial charge in [0, 0.05) is 24.9 Å². The minimum Gasteiger partial charge on any atom is -0.362 e. The van der Waals surface area contributed by atoms with Crippen LogP contribution in [0.2, 0.25) is 0 Å². The van der Waals surface area contributed by atoms with Crippen LogP contribution in [0.4, 0.5) is 17.6 Å². The minimum atomic E-state index is -2.04. The molecule has 2 saturated carbocycles. The van der Waals surface area contributed by atoms with Crippen LogP contribution in [-0.4, -0.2) is 55.0 Å². The Morgan fingerprint density at radius 3 is 2.30 bits per heavy atom. The van der Waals surface area contributed by atoms with Gasteiger partial charge in [0.05, 0.1) is 12.8 Å². The lowest BCUT2D eigenvalue weighted by Crippen LogP contribution is -2.58. The fourth-order valence-electron chi connectivity index (χ4n) is 3.75. The molecule has 3 fully saturated rings. The molecule has 1 aliphatic heterocycles. The Hall–Kier alpha value is -0.360. The summed E-state index contributed by atoms with van der Waals surface area (Å²) in [6.45, 7) is 0.708. The summed E-state index contributed by atoms with van der Waals surface area (Å²) in [5.41, 5.74) is 0. The van der Waals surface area contributed by atoms with Gasteiger partial charge < -0.3 is 4.74 Å². The molecule has 0 amide bonds. The van der Waals surface area contributed by atoms with Crippen LogP contribution in [0.5, 0.6) is 0 Å². The van der Waals surface area contributed by atoms with Gasteiger partial charge in [0.2, 0.25) is 0 Å². The van der Waals surface area contributed by atoms with E-state index in [0.717, 1.165) is 12.8 Å². The summed E-state index contributed by atoms with van der Waals surface area (Å²) in [6, 6.07) is 0.177. The van der Waals surface area contributed by atoms with Crippen molar-refractivity contribution >= 4 is 0 Å². The first-order chi connectivity index (χ1) is 9.56. The van der Waals surface area contributed by atoms with Gasteiger partial charge in [0.25, 0.3) is 0 Å². The van der Waals surface area contributed by atoms with E-state index in [1.54, 1.807) is 0 Å². The predicted molar refractivity (Wildman–Crippen MR) is 66.4 cm³/mol. The topological polar surface area (TPSA) is 12.5 Å². The van der Waals surface area contributed by atoms with Crippen molar-refractivity contribution in [2.45, 2.75) is 68.9 Å². The van der Waals surface area contributed by atoms with Crippen LogP contribution in [0.25, 0.3) is 0 Å². The van der Waals surface area contributed by atoms with Gasteiger partial charge in [-0.2, -0.15) is 0 Å². The van der Waals surface area contributed by atoms with Crippen LogP contribution < -0.4 is 0 Å². The molecule has 2 nitrogen and oxygen atoms in total. The molecule has 1 saturated heterocycles. The van der Waals surface area contributed by atoms with E-state index < -0.39 is 36.7 Å². The first-order valence-electron chi connectivity index (χ1n) is 7.48. The van der Waals surface area contributed by atoms with Crippen molar-refractivity contribution in [2.24, 2.45) is 5.92 Å². The van der Waals surface area contributed by atoms with Crippen molar-refractivity contribution in [3.05, 3.63) is 0 Å². The third-order valence-corrected chi connectivity index (χ3v) is 5.04.